The molecule has 9 heterocycles. The van der Waals surface area contributed by atoms with Gasteiger partial charge in [0.25, 0.3) is 40.4 Å². The summed E-state index contributed by atoms with van der Waals surface area (Å²) in [4.78, 5) is 149. The van der Waals surface area contributed by atoms with Crippen LogP contribution in [0.4, 0.5) is 34.1 Å². The molecule has 109 heavy (non-hydrogen) atoms. The number of aromatic nitrogens is 6. The van der Waals surface area contributed by atoms with Gasteiger partial charge < -0.3 is 21.1 Å². The molecule has 4 N–H and O–H groups in total. The maximum atomic E-state index is 13.6. The summed E-state index contributed by atoms with van der Waals surface area (Å²) in [5.41, 5.74) is 16.2. The predicted molar refractivity (Wildman–Crippen MR) is 427 cm³/mol. The number of carboxylic acids is 1. The van der Waals surface area contributed by atoms with E-state index in [0.717, 1.165) is 56.9 Å². The molecule has 0 saturated carbocycles. The van der Waals surface area contributed by atoms with E-state index in [1.54, 1.807) is 31.4 Å². The second-order valence-corrected chi connectivity index (χ2v) is 29.3. The molecule has 18 rings (SSSR count). The van der Waals surface area contributed by atoms with Crippen molar-refractivity contribution in [1.82, 2.24) is 28.2 Å². The second kappa shape index (κ2) is 28.8. The molecule has 0 unspecified atom stereocenters. The number of aliphatic carboxylic acids is 1. The Balaban J connectivity index is 0.000000127. The number of fused-ring (bicyclic) bond motifs is 12. The largest absolute Gasteiger partial charge is 0.481 e. The van der Waals surface area contributed by atoms with Gasteiger partial charge in [-0.15, -0.1) is 0 Å². The topological polar surface area (TPSA) is 289 Å². The zero-order valence-corrected chi connectivity index (χ0v) is 61.9. The van der Waals surface area contributed by atoms with Gasteiger partial charge in [-0.3, -0.25) is 62.6 Å². The molecule has 9 aromatic carbocycles. The minimum absolute atomic E-state index is 0.160. The van der Waals surface area contributed by atoms with E-state index in [4.69, 9.17) is 9.90 Å². The van der Waals surface area contributed by atoms with Gasteiger partial charge in [0.05, 0.1) is 66.9 Å². The number of carbonyl (C=O) groups is 7. The number of benzene rings is 9. The Morgan fingerprint density at radius 1 is 0.358 bits per heavy atom. The Hall–Kier alpha value is -13.4. The van der Waals surface area contributed by atoms with Crippen LogP contribution in [0, 0.1) is 41.5 Å². The zero-order chi connectivity index (χ0) is 76.4. The molecule has 0 spiro atoms. The van der Waals surface area contributed by atoms with E-state index >= 15 is 0 Å². The van der Waals surface area contributed by atoms with Crippen LogP contribution in [-0.4, -0.2) is 94.3 Å². The zero-order valence-electron chi connectivity index (χ0n) is 59.5. The summed E-state index contributed by atoms with van der Waals surface area (Å²) in [6.45, 7) is 12.2. The monoisotopic (exact) mass is 1500 g/mol. The van der Waals surface area contributed by atoms with Crippen LogP contribution in [0.25, 0.3) is 64.7 Å². The number of nitrogens with one attached hydrogen (secondary N) is 3. The smallest absolute Gasteiger partial charge is 0.300 e. The number of hydrogen-bond acceptors (Lipinski definition) is 16. The number of para-hydroxylation sites is 9. The lowest BCUT2D eigenvalue weighted by Crippen LogP contribution is -2.37. The van der Waals surface area contributed by atoms with Crippen molar-refractivity contribution < 1.29 is 38.7 Å². The van der Waals surface area contributed by atoms with Crippen LogP contribution < -0.4 is 60.9 Å². The fourth-order valence-corrected chi connectivity index (χ4v) is 16.8. The van der Waals surface area contributed by atoms with Crippen molar-refractivity contribution in [3.8, 4) is 0 Å². The molecular formula is C83H64N12O11S3. The first-order chi connectivity index (χ1) is 52.5. The molecule has 0 saturated heterocycles. The normalized spacial score (nSPS) is 14.4. The van der Waals surface area contributed by atoms with Gasteiger partial charge in [0.2, 0.25) is 17.7 Å². The number of aryl methyl sites for hydroxylation is 6. The third-order valence-corrected chi connectivity index (χ3v) is 21.8. The van der Waals surface area contributed by atoms with E-state index in [9.17, 15) is 43.2 Å². The van der Waals surface area contributed by atoms with Gasteiger partial charge in [0.1, 0.15) is 33.2 Å². The average molecular weight is 1500 g/mol. The van der Waals surface area contributed by atoms with E-state index in [2.05, 4.69) is 30.9 Å². The molecule has 23 nitrogen and oxygen atoms in total. The summed E-state index contributed by atoms with van der Waals surface area (Å²) in [6.07, 6.45) is 0. The van der Waals surface area contributed by atoms with Gasteiger partial charge in [-0.1, -0.05) is 161 Å². The minimum Gasteiger partial charge on any atom is -0.481 e. The van der Waals surface area contributed by atoms with Crippen LogP contribution in [0.15, 0.2) is 215 Å². The highest BCUT2D eigenvalue weighted by molar-refractivity contribution is 7.16. The number of carboxylic acid groups (broad SMARTS) is 1. The molecule has 0 atom stereocenters. The number of imidazole rings is 3. The van der Waals surface area contributed by atoms with Crippen molar-refractivity contribution >= 4 is 174 Å². The van der Waals surface area contributed by atoms with Gasteiger partial charge in [-0.25, -0.2) is 28.2 Å². The molecule has 6 aromatic heterocycles. The quantitative estimate of drug-likeness (QED) is 0.105. The average Bonchev–Trinajstić information content (AvgIpc) is 1.58. The van der Waals surface area contributed by atoms with Crippen LogP contribution in [-0.2, 0) is 33.6 Å². The maximum absolute atomic E-state index is 13.6. The van der Waals surface area contributed by atoms with Crippen molar-refractivity contribution in [3.05, 3.63) is 295 Å². The molecule has 26 heteroatoms. The Morgan fingerprint density at radius 2 is 0.606 bits per heavy atom. The first kappa shape index (κ1) is 71.2. The summed E-state index contributed by atoms with van der Waals surface area (Å²) < 4.78 is 5.63. The van der Waals surface area contributed by atoms with E-state index in [0.29, 0.717) is 113 Å². The van der Waals surface area contributed by atoms with Crippen LogP contribution >= 0.6 is 34.0 Å². The number of hydrogen-bond donors (Lipinski definition) is 4. The lowest BCUT2D eigenvalue weighted by atomic mass is 10.1. The Kier molecular flexibility index (Phi) is 18.8. The minimum atomic E-state index is -0.833. The summed E-state index contributed by atoms with van der Waals surface area (Å²) in [5.74, 6) is -2.86. The fraction of sp³-hybridized carbons (Fsp3) is 0.120. The van der Waals surface area contributed by atoms with Crippen LogP contribution in [0.2, 0.25) is 0 Å². The molecule has 6 amide bonds. The SMILES string of the molecule is CC(=O)O.Cc1ccc(C)c(NC(=O)CN2C(=O)/C(=c3/sc4nc5ccccc5n4c3=O)c3ccccc32)c1.Cc1ccc(C)c(NC(=O)CN2C(=O)/C(=c3/sc4nc5ccccc5n4c3=O)c3ccccc32)c1.Cc1ccc(C)c(NC(=O)CN2C(=O)/C(=c3/sc4nc5ccccc5n4c3=O)c3ccccc32)c1. The summed E-state index contributed by atoms with van der Waals surface area (Å²) in [5, 5.41) is 16.2. The molecule has 540 valence electrons. The number of rotatable bonds is 9. The van der Waals surface area contributed by atoms with Crippen molar-refractivity contribution in [2.75, 3.05) is 50.3 Å². The first-order valence-corrected chi connectivity index (χ1v) is 36.8. The van der Waals surface area contributed by atoms with Crippen molar-refractivity contribution in [1.29, 1.82) is 0 Å². The summed E-state index contributed by atoms with van der Waals surface area (Å²) >= 11 is 3.59. The Labute approximate surface area is 630 Å². The van der Waals surface area contributed by atoms with E-state index in [1.165, 1.54) is 48.7 Å². The molecule has 0 aliphatic carbocycles. The fourth-order valence-electron chi connectivity index (χ4n) is 13.6. The molecule has 3 aliphatic rings. The number of amides is 6. The van der Waals surface area contributed by atoms with E-state index in [-0.39, 0.29) is 71.8 Å². The van der Waals surface area contributed by atoms with Crippen molar-refractivity contribution in [2.45, 2.75) is 48.5 Å². The molecule has 0 radical (unpaired) electrons. The Morgan fingerprint density at radius 3 is 0.881 bits per heavy atom. The van der Waals surface area contributed by atoms with Crippen molar-refractivity contribution in [2.24, 2.45) is 0 Å². The summed E-state index contributed by atoms with van der Waals surface area (Å²) in [7, 11) is 0. The molecule has 15 aromatic rings. The number of anilines is 6. The lowest BCUT2D eigenvalue weighted by molar-refractivity contribution is -0.134. The third-order valence-electron chi connectivity index (χ3n) is 18.7. The van der Waals surface area contributed by atoms with Crippen molar-refractivity contribution in [3.63, 3.8) is 0 Å². The molecule has 0 bridgehead atoms. The van der Waals surface area contributed by atoms with Crippen LogP contribution in [0.5, 0.6) is 0 Å². The molecule has 0 fully saturated rings. The second-order valence-electron chi connectivity index (χ2n) is 26.3. The van der Waals surface area contributed by atoms with Gasteiger partial charge in [0, 0.05) is 40.7 Å². The third kappa shape index (κ3) is 13.2. The predicted octanol–water partition coefficient (Wildman–Crippen LogP) is 10.4. The Bertz CT molecular complexity index is 6150. The standard InChI is InChI=1S/3C27H20N4O3S.C2H4O2/c3*1-15-11-12-16(2)19(13-15)28-22(32)14-30-20-9-5-3-7-17(20)23(25(30)33)24-26(34)31-21-10-6-4-8-18(21)29-27(31)35-24;1-2(3)4/h3*3-13H,14H2,1-2H3,(H,28,32);1H3,(H,3,4)/b3*24-23+;. The highest BCUT2D eigenvalue weighted by Gasteiger charge is 2.39. The lowest BCUT2D eigenvalue weighted by Gasteiger charge is -2.17. The maximum Gasteiger partial charge on any atom is 0.300 e. The van der Waals surface area contributed by atoms with Gasteiger partial charge >= 0.3 is 0 Å². The van der Waals surface area contributed by atoms with E-state index in [1.807, 2.05) is 224 Å². The number of carbonyl (C=O) groups excluding carboxylic acids is 6. The van der Waals surface area contributed by atoms with E-state index < -0.39 is 5.97 Å². The van der Waals surface area contributed by atoms with Crippen LogP contribution in [0.3, 0.4) is 0 Å². The molecule has 3 aliphatic heterocycles. The highest BCUT2D eigenvalue weighted by atomic mass is 32.1. The van der Waals surface area contributed by atoms with Gasteiger partial charge in [-0.2, -0.15) is 0 Å². The summed E-state index contributed by atoms with van der Waals surface area (Å²) in [6, 6.07) is 61.5. The van der Waals surface area contributed by atoms with Gasteiger partial charge in [-0.05, 0) is 148 Å². The van der Waals surface area contributed by atoms with Crippen LogP contribution in [0.1, 0.15) is 57.0 Å². The van der Waals surface area contributed by atoms with Gasteiger partial charge in [0.15, 0.2) is 14.9 Å². The highest BCUT2D eigenvalue weighted by Crippen LogP contribution is 2.39. The first-order valence-electron chi connectivity index (χ1n) is 34.4. The number of nitrogens with zero attached hydrogens (tertiary/aromatic N) is 9. The molecular weight excluding hydrogens is 1440 g/mol. The number of thiazole rings is 3.